The second-order valence-corrected chi connectivity index (χ2v) is 8.74. The lowest BCUT2D eigenvalue weighted by molar-refractivity contribution is 0.183. The number of pyridine rings is 1. The average molecular weight is 391 g/mol. The van der Waals surface area contributed by atoms with Crippen molar-refractivity contribution in [2.75, 3.05) is 20.3 Å². The smallest absolute Gasteiger partial charge is 0.241 e. The number of aromatic nitrogens is 1. The Morgan fingerprint density at radius 3 is 2.56 bits per heavy atom. The van der Waals surface area contributed by atoms with Crippen LogP contribution in [0.5, 0.6) is 5.75 Å². The lowest BCUT2D eigenvalue weighted by Crippen LogP contribution is -2.40. The van der Waals surface area contributed by atoms with Crippen molar-refractivity contribution in [3.63, 3.8) is 0 Å². The van der Waals surface area contributed by atoms with E-state index in [9.17, 15) is 8.42 Å². The Morgan fingerprint density at radius 2 is 1.89 bits per heavy atom. The highest BCUT2D eigenvalue weighted by molar-refractivity contribution is 7.89. The first kappa shape index (κ1) is 19.8. The summed E-state index contributed by atoms with van der Waals surface area (Å²) < 4.78 is 40.0. The zero-order valence-corrected chi connectivity index (χ0v) is 17.0. The molecule has 3 rings (SSSR count). The van der Waals surface area contributed by atoms with Crippen LogP contribution >= 0.6 is 0 Å². The molecule has 1 aromatic heterocycles. The van der Waals surface area contributed by atoms with E-state index in [1.807, 2.05) is 32.9 Å². The van der Waals surface area contributed by atoms with E-state index in [0.29, 0.717) is 23.7 Å². The maximum Gasteiger partial charge on any atom is 0.241 e. The molecule has 1 fully saturated rings. The van der Waals surface area contributed by atoms with Crippen LogP contribution in [0.2, 0.25) is 0 Å². The van der Waals surface area contributed by atoms with Gasteiger partial charge in [0.2, 0.25) is 10.0 Å². The van der Waals surface area contributed by atoms with Crippen LogP contribution in [0.25, 0.3) is 0 Å². The summed E-state index contributed by atoms with van der Waals surface area (Å²) in [5.41, 5.74) is 3.47. The molecular formula is C20H26N2O4S. The molecular weight excluding hydrogens is 364 g/mol. The molecule has 6 nitrogen and oxygen atoms in total. The molecule has 1 aromatic carbocycles. The van der Waals surface area contributed by atoms with Crippen molar-refractivity contribution >= 4 is 10.0 Å². The molecule has 2 heterocycles. The highest BCUT2D eigenvalue weighted by Gasteiger charge is 2.33. The number of hydrogen-bond acceptors (Lipinski definition) is 5. The van der Waals surface area contributed by atoms with E-state index in [0.717, 1.165) is 28.9 Å². The first-order valence-electron chi connectivity index (χ1n) is 8.97. The van der Waals surface area contributed by atoms with Gasteiger partial charge in [-0.25, -0.2) is 13.1 Å². The highest BCUT2D eigenvalue weighted by atomic mass is 32.2. The molecule has 1 aliphatic rings. The molecule has 1 N–H and O–H groups in total. The summed E-state index contributed by atoms with van der Waals surface area (Å²) in [7, 11) is -2.07. The van der Waals surface area contributed by atoms with Crippen molar-refractivity contribution in [1.82, 2.24) is 9.71 Å². The third-order valence-corrected chi connectivity index (χ3v) is 6.84. The van der Waals surface area contributed by atoms with E-state index in [1.165, 1.54) is 0 Å². The molecule has 0 bridgehead atoms. The predicted octanol–water partition coefficient (Wildman–Crippen LogP) is 2.55. The summed E-state index contributed by atoms with van der Waals surface area (Å²) in [5.74, 6) is 0.814. The number of methoxy groups -OCH3 is 1. The number of aryl methyl sites for hydroxylation is 1. The summed E-state index contributed by atoms with van der Waals surface area (Å²) in [6, 6.07) is 5.32. The predicted molar refractivity (Wildman–Crippen MR) is 104 cm³/mol. The number of nitrogens with one attached hydrogen (secondary N) is 1. The van der Waals surface area contributed by atoms with Gasteiger partial charge in [0.05, 0.1) is 31.3 Å². The molecule has 0 amide bonds. The van der Waals surface area contributed by atoms with E-state index < -0.39 is 10.0 Å². The zero-order valence-electron chi connectivity index (χ0n) is 16.2. The van der Waals surface area contributed by atoms with Crippen LogP contribution in [0.4, 0.5) is 0 Å². The fourth-order valence-electron chi connectivity index (χ4n) is 3.63. The zero-order chi connectivity index (χ0) is 19.6. The van der Waals surface area contributed by atoms with Crippen LogP contribution in [0.1, 0.15) is 22.3 Å². The minimum absolute atomic E-state index is 0.0860. The van der Waals surface area contributed by atoms with Gasteiger partial charge in [0.1, 0.15) is 5.75 Å². The van der Waals surface area contributed by atoms with Gasteiger partial charge < -0.3 is 9.47 Å². The maximum absolute atomic E-state index is 13.1. The van der Waals surface area contributed by atoms with E-state index in [1.54, 1.807) is 25.6 Å². The Hall–Kier alpha value is -1.96. The van der Waals surface area contributed by atoms with Crippen molar-refractivity contribution in [3.8, 4) is 5.75 Å². The first-order chi connectivity index (χ1) is 12.8. The third kappa shape index (κ3) is 4.15. The molecule has 0 saturated carbocycles. The Kier molecular flexibility index (Phi) is 5.83. The summed E-state index contributed by atoms with van der Waals surface area (Å²) >= 11 is 0. The molecule has 1 aliphatic heterocycles. The lowest BCUT2D eigenvalue weighted by atomic mass is 9.96. The van der Waals surface area contributed by atoms with Crippen molar-refractivity contribution in [2.24, 2.45) is 5.92 Å². The van der Waals surface area contributed by atoms with E-state index in [-0.39, 0.29) is 12.0 Å². The van der Waals surface area contributed by atoms with Gasteiger partial charge in [0.15, 0.2) is 0 Å². The molecule has 7 heteroatoms. The van der Waals surface area contributed by atoms with Crippen LogP contribution in [-0.4, -0.2) is 39.8 Å². The Bertz CT molecular complexity index is 913. The number of benzene rings is 1. The third-order valence-electron chi connectivity index (χ3n) is 5.22. The molecule has 0 radical (unpaired) electrons. The second kappa shape index (κ2) is 7.96. The minimum Gasteiger partial charge on any atom is -0.496 e. The first-order valence-corrected chi connectivity index (χ1v) is 10.5. The van der Waals surface area contributed by atoms with Gasteiger partial charge in [-0.1, -0.05) is 0 Å². The number of ether oxygens (including phenoxy) is 2. The normalized spacial score (nSPS) is 20.0. The molecule has 2 aromatic rings. The van der Waals surface area contributed by atoms with Gasteiger partial charge in [-0.05, 0) is 67.6 Å². The fraction of sp³-hybridized carbons (Fsp3) is 0.450. The molecule has 146 valence electrons. The van der Waals surface area contributed by atoms with Crippen molar-refractivity contribution in [3.05, 3.63) is 52.8 Å². The number of rotatable bonds is 6. The molecule has 27 heavy (non-hydrogen) atoms. The van der Waals surface area contributed by atoms with Crippen LogP contribution in [0.3, 0.4) is 0 Å². The Morgan fingerprint density at radius 1 is 1.19 bits per heavy atom. The summed E-state index contributed by atoms with van der Waals surface area (Å²) in [6.45, 7) is 6.46. The second-order valence-electron chi connectivity index (χ2n) is 7.06. The van der Waals surface area contributed by atoms with E-state index >= 15 is 0 Å². The van der Waals surface area contributed by atoms with Crippen LogP contribution < -0.4 is 9.46 Å². The van der Waals surface area contributed by atoms with Gasteiger partial charge in [0.25, 0.3) is 0 Å². The molecule has 0 aliphatic carbocycles. The van der Waals surface area contributed by atoms with Gasteiger partial charge in [-0.3, -0.25) is 4.98 Å². The maximum atomic E-state index is 13.1. The molecule has 0 spiro atoms. The minimum atomic E-state index is -3.67. The fourth-order valence-corrected chi connectivity index (χ4v) is 5.30. The summed E-state index contributed by atoms with van der Waals surface area (Å²) in [6.07, 6.45) is 4.24. The Balaban J connectivity index is 1.84. The SMILES string of the molecule is COc1c(C)cc(S(=O)(=O)N[C@@H]2COC[C@H]2Cc2ccncc2)c(C)c1C. The average Bonchev–Trinajstić information content (AvgIpc) is 3.05. The summed E-state index contributed by atoms with van der Waals surface area (Å²) in [4.78, 5) is 4.32. The van der Waals surface area contributed by atoms with Gasteiger partial charge >= 0.3 is 0 Å². The number of hydrogen-bond donors (Lipinski definition) is 1. The largest absolute Gasteiger partial charge is 0.496 e. The number of nitrogens with zero attached hydrogens (tertiary/aromatic N) is 1. The molecule has 1 saturated heterocycles. The van der Waals surface area contributed by atoms with E-state index in [4.69, 9.17) is 9.47 Å². The lowest BCUT2D eigenvalue weighted by Gasteiger charge is -2.21. The standard InChI is InChI=1S/C20H26N2O4S/c1-13-9-19(14(2)15(3)20(13)25-4)27(23,24)22-18-12-26-11-17(18)10-16-5-7-21-8-6-16/h5-9,17-18,22H,10-12H2,1-4H3/t17-,18-/m1/s1. The van der Waals surface area contributed by atoms with Gasteiger partial charge in [-0.2, -0.15) is 0 Å². The molecule has 2 atom stereocenters. The quantitative estimate of drug-likeness (QED) is 0.820. The Labute approximate surface area is 161 Å². The van der Waals surface area contributed by atoms with Crippen molar-refractivity contribution < 1.29 is 17.9 Å². The topological polar surface area (TPSA) is 77.5 Å². The van der Waals surface area contributed by atoms with Crippen LogP contribution in [0, 0.1) is 26.7 Å². The monoisotopic (exact) mass is 390 g/mol. The van der Waals surface area contributed by atoms with Crippen LogP contribution in [-0.2, 0) is 21.2 Å². The van der Waals surface area contributed by atoms with Crippen LogP contribution in [0.15, 0.2) is 35.5 Å². The van der Waals surface area contributed by atoms with Gasteiger partial charge in [-0.15, -0.1) is 0 Å². The number of sulfonamides is 1. The summed E-state index contributed by atoms with van der Waals surface area (Å²) in [5, 5.41) is 0. The van der Waals surface area contributed by atoms with Crippen molar-refractivity contribution in [1.29, 1.82) is 0 Å². The van der Waals surface area contributed by atoms with E-state index in [2.05, 4.69) is 9.71 Å². The highest BCUT2D eigenvalue weighted by Crippen LogP contribution is 2.31. The van der Waals surface area contributed by atoms with Crippen molar-refractivity contribution in [2.45, 2.75) is 38.1 Å². The molecule has 0 unspecified atom stereocenters. The van der Waals surface area contributed by atoms with Gasteiger partial charge in [0, 0.05) is 18.3 Å².